The lowest BCUT2D eigenvalue weighted by molar-refractivity contribution is -0.0780. The zero-order chi connectivity index (χ0) is 13.8. The van der Waals surface area contributed by atoms with Crippen molar-refractivity contribution in [3.8, 4) is 0 Å². The molecule has 2 rings (SSSR count). The summed E-state index contributed by atoms with van der Waals surface area (Å²) in [6.45, 7) is 7.64. The summed E-state index contributed by atoms with van der Waals surface area (Å²) in [5, 5.41) is 10.3. The Morgan fingerprint density at radius 3 is 2.63 bits per heavy atom. The monoisotopic (exact) mass is 288 g/mol. The fourth-order valence-corrected chi connectivity index (χ4v) is 4.44. The Balaban J connectivity index is 1.72. The maximum Gasteiger partial charge on any atom is 0.0793 e. The van der Waals surface area contributed by atoms with E-state index in [0.29, 0.717) is 6.04 Å². The second kappa shape index (κ2) is 7.27. The van der Waals surface area contributed by atoms with E-state index in [-0.39, 0.29) is 18.3 Å². The highest BCUT2D eigenvalue weighted by atomic mass is 32.2. The van der Waals surface area contributed by atoms with Crippen molar-refractivity contribution in [1.29, 1.82) is 0 Å². The molecule has 0 saturated carbocycles. The molecule has 4 atom stereocenters. The molecule has 2 heterocycles. The minimum Gasteiger partial charge on any atom is -0.390 e. The predicted octanol–water partition coefficient (Wildman–Crippen LogP) is 0.894. The summed E-state index contributed by atoms with van der Waals surface area (Å²) >= 11 is 2.02. The summed E-state index contributed by atoms with van der Waals surface area (Å²) in [5.74, 6) is 2.48. The van der Waals surface area contributed by atoms with Gasteiger partial charge in [0.15, 0.2) is 0 Å². The normalized spacial score (nSPS) is 34.9. The predicted molar refractivity (Wildman–Crippen MR) is 80.8 cm³/mol. The Morgan fingerprint density at radius 2 is 2.05 bits per heavy atom. The SMILES string of the molecule is CC1CN(CC(O)CN(C)C2CCSC2)CC(C)O1. The van der Waals surface area contributed by atoms with Crippen LogP contribution in [-0.4, -0.2) is 84.0 Å². The average molecular weight is 288 g/mol. The molecule has 0 radical (unpaired) electrons. The van der Waals surface area contributed by atoms with Crippen LogP contribution >= 0.6 is 11.8 Å². The topological polar surface area (TPSA) is 35.9 Å². The summed E-state index contributed by atoms with van der Waals surface area (Å²) in [7, 11) is 2.14. The first-order chi connectivity index (χ1) is 9.04. The highest BCUT2D eigenvalue weighted by Gasteiger charge is 2.26. The second-order valence-electron chi connectivity index (χ2n) is 6.09. The van der Waals surface area contributed by atoms with Crippen LogP contribution in [0.5, 0.6) is 0 Å². The Kier molecular flexibility index (Phi) is 5.96. The number of thioether (sulfide) groups is 1. The van der Waals surface area contributed by atoms with Crippen molar-refractivity contribution in [3.05, 3.63) is 0 Å². The Morgan fingerprint density at radius 1 is 1.37 bits per heavy atom. The number of aliphatic hydroxyl groups excluding tert-OH is 1. The fourth-order valence-electron chi connectivity index (χ4n) is 3.14. The van der Waals surface area contributed by atoms with Gasteiger partial charge in [0, 0.05) is 38.0 Å². The van der Waals surface area contributed by atoms with E-state index in [1.165, 1.54) is 17.9 Å². The standard InChI is InChI=1S/C14H28N2O2S/c1-11-6-16(7-12(2)18-11)9-14(17)8-15(3)13-4-5-19-10-13/h11-14,17H,4-10H2,1-3H3. The Labute approximate surface area is 121 Å². The van der Waals surface area contributed by atoms with Gasteiger partial charge in [-0.25, -0.2) is 0 Å². The number of ether oxygens (including phenoxy) is 1. The van der Waals surface area contributed by atoms with Crippen LogP contribution in [0.4, 0.5) is 0 Å². The lowest BCUT2D eigenvalue weighted by Gasteiger charge is -2.37. The molecule has 2 saturated heterocycles. The van der Waals surface area contributed by atoms with Crippen molar-refractivity contribution >= 4 is 11.8 Å². The van der Waals surface area contributed by atoms with Crippen LogP contribution < -0.4 is 0 Å². The summed E-state index contributed by atoms with van der Waals surface area (Å²) in [5.41, 5.74) is 0. The molecule has 2 aliphatic heterocycles. The third-order valence-electron chi connectivity index (χ3n) is 3.99. The van der Waals surface area contributed by atoms with E-state index in [2.05, 4.69) is 30.7 Å². The first-order valence-corrected chi connectivity index (χ1v) is 8.54. The number of hydrogen-bond donors (Lipinski definition) is 1. The molecule has 0 aromatic rings. The second-order valence-corrected chi connectivity index (χ2v) is 7.24. The number of aliphatic hydroxyl groups is 1. The van der Waals surface area contributed by atoms with Crippen LogP contribution in [0.15, 0.2) is 0 Å². The number of nitrogens with zero attached hydrogens (tertiary/aromatic N) is 2. The van der Waals surface area contributed by atoms with Gasteiger partial charge < -0.3 is 9.84 Å². The van der Waals surface area contributed by atoms with Gasteiger partial charge in [-0.15, -0.1) is 0 Å². The Bertz CT molecular complexity index is 264. The molecule has 1 N–H and O–H groups in total. The molecule has 0 aliphatic carbocycles. The van der Waals surface area contributed by atoms with Crippen molar-refractivity contribution in [1.82, 2.24) is 9.80 Å². The van der Waals surface area contributed by atoms with E-state index in [1.54, 1.807) is 0 Å². The molecule has 0 amide bonds. The minimum absolute atomic E-state index is 0.256. The van der Waals surface area contributed by atoms with Crippen molar-refractivity contribution in [2.75, 3.05) is 44.7 Å². The van der Waals surface area contributed by atoms with Gasteiger partial charge in [0.2, 0.25) is 0 Å². The molecule has 2 fully saturated rings. The van der Waals surface area contributed by atoms with Crippen LogP contribution in [0, 0.1) is 0 Å². The summed E-state index contributed by atoms with van der Waals surface area (Å²) < 4.78 is 5.72. The van der Waals surface area contributed by atoms with Crippen molar-refractivity contribution in [3.63, 3.8) is 0 Å². The lowest BCUT2D eigenvalue weighted by Crippen LogP contribution is -2.50. The summed E-state index contributed by atoms with van der Waals surface area (Å²) in [6.07, 6.45) is 1.56. The zero-order valence-corrected chi connectivity index (χ0v) is 13.2. The molecule has 4 nitrogen and oxygen atoms in total. The molecule has 0 bridgehead atoms. The van der Waals surface area contributed by atoms with Gasteiger partial charge in [-0.2, -0.15) is 11.8 Å². The lowest BCUT2D eigenvalue weighted by atomic mass is 10.2. The summed E-state index contributed by atoms with van der Waals surface area (Å²) in [6, 6.07) is 0.655. The number of morpholine rings is 1. The highest BCUT2D eigenvalue weighted by Crippen LogP contribution is 2.21. The summed E-state index contributed by atoms with van der Waals surface area (Å²) in [4.78, 5) is 4.67. The van der Waals surface area contributed by atoms with Crippen molar-refractivity contribution in [2.24, 2.45) is 0 Å². The third kappa shape index (κ3) is 4.90. The molecular weight excluding hydrogens is 260 g/mol. The van der Waals surface area contributed by atoms with Crippen molar-refractivity contribution in [2.45, 2.75) is 44.6 Å². The van der Waals surface area contributed by atoms with E-state index in [0.717, 1.165) is 26.2 Å². The first kappa shape index (κ1) is 15.6. The van der Waals surface area contributed by atoms with Crippen LogP contribution in [0.25, 0.3) is 0 Å². The van der Waals surface area contributed by atoms with Gasteiger partial charge in [0.1, 0.15) is 0 Å². The maximum absolute atomic E-state index is 10.3. The molecular formula is C14H28N2O2S. The van der Waals surface area contributed by atoms with Crippen LogP contribution in [-0.2, 0) is 4.74 Å². The molecule has 0 aromatic heterocycles. The highest BCUT2D eigenvalue weighted by molar-refractivity contribution is 7.99. The molecule has 0 spiro atoms. The van der Waals surface area contributed by atoms with E-state index in [1.807, 2.05) is 11.8 Å². The van der Waals surface area contributed by atoms with Gasteiger partial charge in [-0.1, -0.05) is 0 Å². The molecule has 0 aromatic carbocycles. The van der Waals surface area contributed by atoms with Crippen LogP contribution in [0.1, 0.15) is 20.3 Å². The first-order valence-electron chi connectivity index (χ1n) is 7.38. The molecule has 5 heteroatoms. The quantitative estimate of drug-likeness (QED) is 0.813. The average Bonchev–Trinajstić information content (AvgIpc) is 2.80. The van der Waals surface area contributed by atoms with Gasteiger partial charge >= 0.3 is 0 Å². The largest absolute Gasteiger partial charge is 0.390 e. The molecule has 112 valence electrons. The molecule has 4 unspecified atom stereocenters. The van der Waals surface area contributed by atoms with Crippen molar-refractivity contribution < 1.29 is 9.84 Å². The number of rotatable bonds is 5. The fraction of sp³-hybridized carbons (Fsp3) is 1.00. The minimum atomic E-state index is -0.256. The smallest absolute Gasteiger partial charge is 0.0793 e. The molecule has 19 heavy (non-hydrogen) atoms. The van der Waals surface area contributed by atoms with E-state index in [4.69, 9.17) is 4.74 Å². The van der Waals surface area contributed by atoms with E-state index < -0.39 is 0 Å². The number of β-amino-alcohol motifs (C(OH)–C–C–N with tert-alkyl or cyclic N) is 1. The van der Waals surface area contributed by atoms with E-state index >= 15 is 0 Å². The van der Waals surface area contributed by atoms with Crippen LogP contribution in [0.2, 0.25) is 0 Å². The maximum atomic E-state index is 10.3. The van der Waals surface area contributed by atoms with Gasteiger partial charge in [-0.3, -0.25) is 9.80 Å². The van der Waals surface area contributed by atoms with Crippen LogP contribution in [0.3, 0.4) is 0 Å². The van der Waals surface area contributed by atoms with Gasteiger partial charge in [0.05, 0.1) is 18.3 Å². The third-order valence-corrected chi connectivity index (χ3v) is 5.14. The zero-order valence-electron chi connectivity index (χ0n) is 12.4. The van der Waals surface area contributed by atoms with Gasteiger partial charge in [-0.05, 0) is 33.1 Å². The molecule has 2 aliphatic rings. The Hall–Kier alpha value is 0.190. The number of likely N-dealkylation sites (N-methyl/N-ethyl adjacent to an activating group) is 1. The van der Waals surface area contributed by atoms with Gasteiger partial charge in [0.25, 0.3) is 0 Å². The van der Waals surface area contributed by atoms with E-state index in [9.17, 15) is 5.11 Å². The number of hydrogen-bond acceptors (Lipinski definition) is 5.